The smallest absolute Gasteiger partial charge is 0.233 e. The molecule has 1 rings (SSSR count). The fourth-order valence-electron chi connectivity index (χ4n) is 1.51. The molecule has 0 unspecified atom stereocenters. The summed E-state index contributed by atoms with van der Waals surface area (Å²) in [5.74, 6) is -1.37. The molecule has 0 aromatic rings. The molecule has 1 aliphatic rings. The van der Waals surface area contributed by atoms with E-state index in [1.54, 1.807) is 13.8 Å². The Kier molecular flexibility index (Phi) is 3.13. The van der Waals surface area contributed by atoms with E-state index in [4.69, 9.17) is 6.92 Å². The minimum Gasteiger partial charge on any atom is -0.355 e. The fraction of sp³-hybridized carbons (Fsp3) is 0.700. The monoisotopic (exact) mass is 196 g/mol. The summed E-state index contributed by atoms with van der Waals surface area (Å²) in [5.41, 5.74) is -0.828. The van der Waals surface area contributed by atoms with E-state index in [2.05, 4.69) is 10.6 Å². The van der Waals surface area contributed by atoms with Gasteiger partial charge in [0.2, 0.25) is 11.8 Å². The number of amides is 2. The number of nitrogens with one attached hydrogen (secondary N) is 2. The first kappa shape index (κ1) is 11.0. The first-order chi connectivity index (χ1) is 6.43. The van der Waals surface area contributed by atoms with Crippen LogP contribution in [-0.2, 0) is 9.59 Å². The SMILES string of the molecule is [CH]C(C)(C)C1C(=O)NCCCNC1=O. The summed E-state index contributed by atoms with van der Waals surface area (Å²) in [7, 11) is 0. The summed E-state index contributed by atoms with van der Waals surface area (Å²) in [6, 6.07) is 0. The van der Waals surface area contributed by atoms with Crippen LogP contribution in [0.2, 0.25) is 0 Å². The van der Waals surface area contributed by atoms with Crippen molar-refractivity contribution in [3.05, 3.63) is 6.92 Å². The number of rotatable bonds is 1. The minimum atomic E-state index is -0.828. The fourth-order valence-corrected chi connectivity index (χ4v) is 1.51. The molecule has 78 valence electrons. The highest BCUT2D eigenvalue weighted by atomic mass is 16.2. The maximum absolute atomic E-state index is 11.6. The van der Waals surface area contributed by atoms with E-state index in [0.717, 1.165) is 6.42 Å². The van der Waals surface area contributed by atoms with Crippen LogP contribution in [0.3, 0.4) is 0 Å². The lowest BCUT2D eigenvalue weighted by Crippen LogP contribution is -2.50. The Labute approximate surface area is 84.4 Å². The van der Waals surface area contributed by atoms with Gasteiger partial charge in [-0.25, -0.2) is 0 Å². The zero-order valence-corrected chi connectivity index (χ0v) is 8.59. The van der Waals surface area contributed by atoms with E-state index >= 15 is 0 Å². The maximum Gasteiger partial charge on any atom is 0.233 e. The molecule has 1 heterocycles. The van der Waals surface area contributed by atoms with Gasteiger partial charge < -0.3 is 10.6 Å². The van der Waals surface area contributed by atoms with Gasteiger partial charge in [-0.05, 0) is 18.8 Å². The third-order valence-electron chi connectivity index (χ3n) is 2.22. The zero-order chi connectivity index (χ0) is 10.8. The van der Waals surface area contributed by atoms with Crippen molar-refractivity contribution in [2.24, 2.45) is 11.3 Å². The quantitative estimate of drug-likeness (QED) is 0.579. The normalized spacial score (nSPS) is 20.8. The summed E-state index contributed by atoms with van der Waals surface area (Å²) >= 11 is 0. The lowest BCUT2D eigenvalue weighted by atomic mass is 9.79. The van der Waals surface area contributed by atoms with Gasteiger partial charge >= 0.3 is 0 Å². The lowest BCUT2D eigenvalue weighted by Gasteiger charge is -2.29. The van der Waals surface area contributed by atoms with Crippen LogP contribution >= 0.6 is 0 Å². The molecule has 0 aliphatic carbocycles. The van der Waals surface area contributed by atoms with Gasteiger partial charge in [-0.1, -0.05) is 13.8 Å². The number of hydrogen-bond acceptors (Lipinski definition) is 2. The van der Waals surface area contributed by atoms with Gasteiger partial charge in [0.25, 0.3) is 0 Å². The van der Waals surface area contributed by atoms with Crippen molar-refractivity contribution in [1.29, 1.82) is 0 Å². The van der Waals surface area contributed by atoms with Crippen LogP contribution in [0.4, 0.5) is 0 Å². The average Bonchev–Trinajstić information content (AvgIpc) is 1.97. The Hall–Kier alpha value is -1.06. The largest absolute Gasteiger partial charge is 0.355 e. The van der Waals surface area contributed by atoms with Crippen LogP contribution in [0.15, 0.2) is 0 Å². The third kappa shape index (κ3) is 2.47. The van der Waals surface area contributed by atoms with E-state index in [-0.39, 0.29) is 11.8 Å². The molecule has 1 fully saturated rings. The Bertz CT molecular complexity index is 225. The van der Waals surface area contributed by atoms with Crippen LogP contribution in [-0.4, -0.2) is 24.9 Å². The Morgan fingerprint density at radius 1 is 1.21 bits per heavy atom. The molecule has 14 heavy (non-hydrogen) atoms. The summed E-state index contributed by atoms with van der Waals surface area (Å²) in [6.07, 6.45) is 0.759. The standard InChI is InChI=1S/C10H16N2O2/c1-10(2,3)7-8(13)11-5-4-6-12-9(7)14/h1,7H,4-6H2,2-3H3,(H,11,13)(H,12,14). The summed E-state index contributed by atoms with van der Waals surface area (Å²) in [6.45, 7) is 10.3. The summed E-state index contributed by atoms with van der Waals surface area (Å²) < 4.78 is 0. The molecule has 0 spiro atoms. The highest BCUT2D eigenvalue weighted by molar-refractivity contribution is 6.01. The predicted molar refractivity (Wildman–Crippen MR) is 52.2 cm³/mol. The van der Waals surface area contributed by atoms with Crippen LogP contribution in [0.1, 0.15) is 20.3 Å². The van der Waals surface area contributed by atoms with Crippen molar-refractivity contribution >= 4 is 11.8 Å². The van der Waals surface area contributed by atoms with Gasteiger partial charge in [0.1, 0.15) is 5.92 Å². The van der Waals surface area contributed by atoms with Crippen LogP contribution in [0.5, 0.6) is 0 Å². The molecule has 0 atom stereocenters. The first-order valence-electron chi connectivity index (χ1n) is 4.77. The Balaban J connectivity index is 2.83. The van der Waals surface area contributed by atoms with E-state index in [1.165, 1.54) is 0 Å². The van der Waals surface area contributed by atoms with E-state index in [1.807, 2.05) is 0 Å². The topological polar surface area (TPSA) is 58.2 Å². The molecule has 0 aromatic carbocycles. The van der Waals surface area contributed by atoms with Crippen LogP contribution in [0.25, 0.3) is 0 Å². The van der Waals surface area contributed by atoms with Crippen LogP contribution < -0.4 is 10.6 Å². The minimum absolute atomic E-state index is 0.283. The molecule has 0 saturated carbocycles. The molecule has 4 heteroatoms. The van der Waals surface area contributed by atoms with Crippen molar-refractivity contribution in [1.82, 2.24) is 10.6 Å². The van der Waals surface area contributed by atoms with Gasteiger partial charge in [0.15, 0.2) is 0 Å². The molecular weight excluding hydrogens is 180 g/mol. The molecule has 2 amide bonds. The van der Waals surface area contributed by atoms with E-state index in [9.17, 15) is 9.59 Å². The van der Waals surface area contributed by atoms with Gasteiger partial charge in [-0.3, -0.25) is 9.59 Å². The first-order valence-corrected chi connectivity index (χ1v) is 4.77. The molecule has 0 aromatic heterocycles. The molecule has 0 bridgehead atoms. The molecule has 4 nitrogen and oxygen atoms in total. The molecule has 1 aliphatic heterocycles. The molecular formula is C10H16N2O2. The average molecular weight is 196 g/mol. The highest BCUT2D eigenvalue weighted by Gasteiger charge is 2.38. The summed E-state index contributed by atoms with van der Waals surface area (Å²) in [5, 5.41) is 5.38. The van der Waals surface area contributed by atoms with Crippen molar-refractivity contribution in [2.45, 2.75) is 20.3 Å². The number of hydrogen-bond donors (Lipinski definition) is 2. The second-order valence-corrected chi connectivity index (χ2v) is 4.19. The zero-order valence-electron chi connectivity index (χ0n) is 8.59. The highest BCUT2D eigenvalue weighted by Crippen LogP contribution is 2.26. The molecule has 1 saturated heterocycles. The second kappa shape index (κ2) is 3.98. The number of carbonyl (C=O) groups is 2. The summed E-state index contributed by atoms with van der Waals surface area (Å²) in [4.78, 5) is 23.1. The van der Waals surface area contributed by atoms with Gasteiger partial charge in [0.05, 0.1) is 0 Å². The van der Waals surface area contributed by atoms with Gasteiger partial charge in [-0.15, -0.1) is 0 Å². The number of carbonyl (C=O) groups excluding carboxylic acids is 2. The molecule has 2 N–H and O–H groups in total. The Morgan fingerprint density at radius 2 is 1.64 bits per heavy atom. The maximum atomic E-state index is 11.6. The van der Waals surface area contributed by atoms with E-state index < -0.39 is 11.3 Å². The van der Waals surface area contributed by atoms with E-state index in [0.29, 0.717) is 13.1 Å². The van der Waals surface area contributed by atoms with Gasteiger partial charge in [0, 0.05) is 13.1 Å². The van der Waals surface area contributed by atoms with Crippen LogP contribution in [0, 0.1) is 18.3 Å². The lowest BCUT2D eigenvalue weighted by molar-refractivity contribution is -0.139. The van der Waals surface area contributed by atoms with Crippen molar-refractivity contribution in [3.63, 3.8) is 0 Å². The van der Waals surface area contributed by atoms with Crippen molar-refractivity contribution in [3.8, 4) is 0 Å². The van der Waals surface area contributed by atoms with Crippen molar-refractivity contribution < 1.29 is 9.59 Å². The van der Waals surface area contributed by atoms with Crippen molar-refractivity contribution in [2.75, 3.05) is 13.1 Å². The Morgan fingerprint density at radius 3 is 2.00 bits per heavy atom. The molecule has 2 radical (unpaired) electrons. The third-order valence-corrected chi connectivity index (χ3v) is 2.22. The second-order valence-electron chi connectivity index (χ2n) is 4.19. The predicted octanol–water partition coefficient (Wildman–Crippen LogP) is -0.0240. The van der Waals surface area contributed by atoms with Gasteiger partial charge in [-0.2, -0.15) is 0 Å².